The number of rotatable bonds is 18. The zero-order valence-electron chi connectivity index (χ0n) is 52.0. The van der Waals surface area contributed by atoms with Crippen molar-refractivity contribution in [1.29, 1.82) is 0 Å². The van der Waals surface area contributed by atoms with Gasteiger partial charge in [-0.05, 0) is 219 Å². The minimum Gasteiger partial charge on any atom is -0.310 e. The van der Waals surface area contributed by atoms with Gasteiger partial charge in [0.2, 0.25) is 0 Å². The summed E-state index contributed by atoms with van der Waals surface area (Å²) in [7, 11) is 0. The topological polar surface area (TPSA) is 6.48 Å². The van der Waals surface area contributed by atoms with E-state index in [-0.39, 0.29) is 27.1 Å². The minimum atomic E-state index is -0.307. The number of fused-ring (bicyclic) bond motifs is 7. The van der Waals surface area contributed by atoms with Crippen LogP contribution in [-0.2, 0) is 24.7 Å². The number of benzene rings is 9. The van der Waals surface area contributed by atoms with Crippen LogP contribution in [0.5, 0.6) is 0 Å². The Morgan fingerprint density at radius 1 is 0.430 bits per heavy atom. The lowest BCUT2D eigenvalue weighted by Crippen LogP contribution is -2.33. The number of aryl methyl sites for hydroxylation is 3. The fraction of sp³-hybridized carbons (Fsp3) is 0.262. The van der Waals surface area contributed by atoms with E-state index < -0.39 is 0 Å². The van der Waals surface area contributed by atoms with Gasteiger partial charge < -0.3 is 9.80 Å². The molecule has 0 amide bonds. The van der Waals surface area contributed by atoms with Gasteiger partial charge in [0.15, 0.2) is 0 Å². The third-order valence-electron chi connectivity index (χ3n) is 22.1. The molecule has 0 bridgehead atoms. The van der Waals surface area contributed by atoms with Crippen molar-refractivity contribution in [2.75, 3.05) is 9.80 Å². The summed E-state index contributed by atoms with van der Waals surface area (Å²) in [6.45, 7) is 19.1. The summed E-state index contributed by atoms with van der Waals surface area (Å²) in [4.78, 5) is 4.97. The molecule has 0 saturated heterocycles. The molecule has 0 aliphatic heterocycles. The Balaban J connectivity index is 1.04. The van der Waals surface area contributed by atoms with Gasteiger partial charge in [-0.3, -0.25) is 0 Å². The van der Waals surface area contributed by atoms with Crippen molar-refractivity contribution in [3.8, 4) is 22.3 Å². The summed E-state index contributed by atoms with van der Waals surface area (Å²) in [6, 6.07) is 74.1. The van der Waals surface area contributed by atoms with Gasteiger partial charge in [-0.15, -0.1) is 0 Å². The summed E-state index contributed by atoms with van der Waals surface area (Å²) in [6.07, 6.45) is 33.4. The maximum absolute atomic E-state index is 2.57. The maximum Gasteiger partial charge on any atom is 0.0468 e. The van der Waals surface area contributed by atoms with Crippen molar-refractivity contribution in [1.82, 2.24) is 0 Å². The number of para-hydroxylation sites is 2. The number of hydrogen-bond donors (Lipinski definition) is 0. The van der Waals surface area contributed by atoms with Crippen molar-refractivity contribution in [3.63, 3.8) is 0 Å². The van der Waals surface area contributed by atoms with Crippen LogP contribution >= 0.6 is 0 Å². The number of anilines is 4. The molecule has 86 heavy (non-hydrogen) atoms. The first kappa shape index (κ1) is 56.7. The van der Waals surface area contributed by atoms with E-state index >= 15 is 0 Å². The standard InChI is InChI=1S/C84H84N2/c1-9-80(5,10-2)82(7)52-26-35-66(50-55-82)85(64-31-18-14-19-32-64)68-46-48-70-71-49-47-69(86(65-33-20-15-21-34-65)67-36-27-53-83(8,56-51-67)81(6,11-3)12-4)59-76(71)79(61-29-16-13-17-30-61)74(75(70)58-68)39-28-54-84(63-45-44-60-42-43-62(60)57-63)77-40-24-22-37-72(77)73-38-23-25-41-78(73)84/h13-27,29-38,40-41,44-53,55-59H,9-12,28,39,42-43,54H2,1-8H3. The Hall–Kier alpha value is -8.46. The minimum absolute atomic E-state index is 0.112. The second-order valence-electron chi connectivity index (χ2n) is 26.0. The van der Waals surface area contributed by atoms with E-state index in [1.54, 1.807) is 0 Å². The average molecular weight is 1120 g/mol. The fourth-order valence-corrected chi connectivity index (χ4v) is 15.4. The monoisotopic (exact) mass is 1120 g/mol. The summed E-state index contributed by atoms with van der Waals surface area (Å²) < 4.78 is 0. The summed E-state index contributed by atoms with van der Waals surface area (Å²) in [5.74, 6) is 0. The predicted octanol–water partition coefficient (Wildman–Crippen LogP) is 23.1. The van der Waals surface area contributed by atoms with Crippen molar-refractivity contribution in [2.24, 2.45) is 21.7 Å². The molecule has 0 radical (unpaired) electrons. The molecule has 9 aromatic carbocycles. The summed E-state index contributed by atoms with van der Waals surface area (Å²) in [5, 5.41) is 5.07. The first-order valence-corrected chi connectivity index (χ1v) is 32.2. The van der Waals surface area contributed by atoms with Crippen LogP contribution in [0.25, 0.3) is 43.8 Å². The lowest BCUT2D eigenvalue weighted by atomic mass is 9.62. The molecule has 0 N–H and O–H groups in total. The molecule has 2 unspecified atom stereocenters. The van der Waals surface area contributed by atoms with E-state index in [0.717, 1.165) is 85.5 Å². The van der Waals surface area contributed by atoms with Gasteiger partial charge in [-0.25, -0.2) is 0 Å². The Bertz CT molecular complexity index is 4150. The quantitative estimate of drug-likeness (QED) is 0.0790. The van der Waals surface area contributed by atoms with Crippen molar-refractivity contribution in [2.45, 2.75) is 119 Å². The Kier molecular flexibility index (Phi) is 15.0. The Morgan fingerprint density at radius 2 is 0.895 bits per heavy atom. The van der Waals surface area contributed by atoms with E-state index in [9.17, 15) is 0 Å². The molecule has 4 aliphatic carbocycles. The summed E-state index contributed by atoms with van der Waals surface area (Å²) >= 11 is 0. The van der Waals surface area contributed by atoms with E-state index in [1.807, 2.05) is 0 Å². The van der Waals surface area contributed by atoms with Gasteiger partial charge in [0, 0.05) is 50.4 Å². The van der Waals surface area contributed by atoms with Crippen molar-refractivity contribution >= 4 is 44.3 Å². The zero-order valence-corrected chi connectivity index (χ0v) is 52.0. The second-order valence-corrected chi connectivity index (χ2v) is 26.0. The van der Waals surface area contributed by atoms with Gasteiger partial charge in [0.25, 0.3) is 0 Å². The lowest BCUT2D eigenvalue weighted by molar-refractivity contribution is 0.155. The van der Waals surface area contributed by atoms with E-state index in [1.165, 1.54) is 83.6 Å². The van der Waals surface area contributed by atoms with Crippen LogP contribution in [0.15, 0.2) is 266 Å². The third kappa shape index (κ3) is 9.47. The van der Waals surface area contributed by atoms with Crippen LogP contribution in [0.1, 0.15) is 127 Å². The highest BCUT2D eigenvalue weighted by molar-refractivity contribution is 6.17. The molecule has 2 nitrogen and oxygen atoms in total. The second kappa shape index (κ2) is 22.8. The van der Waals surface area contributed by atoms with Gasteiger partial charge in [0.1, 0.15) is 0 Å². The molecule has 0 aromatic heterocycles. The predicted molar refractivity (Wildman–Crippen MR) is 369 cm³/mol. The van der Waals surface area contributed by atoms with Crippen molar-refractivity contribution in [3.05, 3.63) is 300 Å². The van der Waals surface area contributed by atoms with E-state index in [0.29, 0.717) is 0 Å². The van der Waals surface area contributed by atoms with E-state index in [2.05, 4.69) is 320 Å². The van der Waals surface area contributed by atoms with Crippen LogP contribution in [0.4, 0.5) is 22.7 Å². The van der Waals surface area contributed by atoms with E-state index in [4.69, 9.17) is 0 Å². The normalized spacial score (nSPS) is 18.4. The molecule has 0 fully saturated rings. The first-order valence-electron chi connectivity index (χ1n) is 32.2. The number of nitrogens with zero attached hydrogens (tertiary/aromatic N) is 2. The van der Waals surface area contributed by atoms with Crippen LogP contribution in [0.3, 0.4) is 0 Å². The van der Waals surface area contributed by atoms with Gasteiger partial charge >= 0.3 is 0 Å². The molecular weight excluding hydrogens is 1040 g/mol. The third-order valence-corrected chi connectivity index (χ3v) is 22.1. The largest absolute Gasteiger partial charge is 0.310 e. The fourth-order valence-electron chi connectivity index (χ4n) is 15.4. The first-order chi connectivity index (χ1) is 41.9. The van der Waals surface area contributed by atoms with Gasteiger partial charge in [-0.2, -0.15) is 0 Å². The molecule has 430 valence electrons. The van der Waals surface area contributed by atoms with Crippen LogP contribution in [-0.4, -0.2) is 0 Å². The van der Waals surface area contributed by atoms with Gasteiger partial charge in [-0.1, -0.05) is 237 Å². The molecule has 2 heteroatoms. The smallest absolute Gasteiger partial charge is 0.0468 e. The highest BCUT2D eigenvalue weighted by Crippen LogP contribution is 2.57. The van der Waals surface area contributed by atoms with Crippen LogP contribution in [0.2, 0.25) is 0 Å². The highest BCUT2D eigenvalue weighted by atomic mass is 15.2. The summed E-state index contributed by atoms with van der Waals surface area (Å²) in [5.41, 5.74) is 20.5. The van der Waals surface area contributed by atoms with Crippen molar-refractivity contribution < 1.29 is 0 Å². The highest BCUT2D eigenvalue weighted by Gasteiger charge is 2.45. The molecule has 13 rings (SSSR count). The van der Waals surface area contributed by atoms with Gasteiger partial charge in [0.05, 0.1) is 0 Å². The molecule has 0 saturated carbocycles. The SMILES string of the molecule is CCC(C)(CC)C1(C)C=CC=C(N(c2ccccc2)c2ccc3c(c2)c(CCCC2(c4ccc5c(c4)CC5)c4ccccc4-c4ccccc42)c(-c2ccccc2)c2cc(N(C4=CC=CC(C)(C(C)(CC)CC)C=C4)c4ccccc4)ccc23)C=C1. The van der Waals surface area contributed by atoms with Crippen LogP contribution in [0, 0.1) is 21.7 Å². The number of allylic oxidation sites excluding steroid dienone is 10. The molecule has 0 heterocycles. The van der Waals surface area contributed by atoms with Crippen LogP contribution < -0.4 is 9.80 Å². The number of hydrogen-bond acceptors (Lipinski definition) is 2. The lowest BCUT2D eigenvalue weighted by Gasteiger charge is -2.42. The molecule has 2 atom stereocenters. The maximum atomic E-state index is 2.57. The molecule has 0 spiro atoms. The molecule has 9 aromatic rings. The molecule has 4 aliphatic rings. The average Bonchev–Trinajstić information content (AvgIpc) is 1.63. The molecular formula is C84H84N2. The Labute approximate surface area is 513 Å². The Morgan fingerprint density at radius 3 is 1.38 bits per heavy atom. The zero-order chi connectivity index (χ0) is 59.3.